The number of nitrogens with zero attached hydrogens (tertiary/aromatic N) is 4. The van der Waals surface area contributed by atoms with Gasteiger partial charge in [-0.3, -0.25) is 0 Å². The molecule has 6 rings (SSSR count). The molecule has 0 aromatic carbocycles. The molecule has 3 N–H and O–H groups in total. The van der Waals surface area contributed by atoms with Crippen LogP contribution in [0.15, 0.2) is 43.0 Å². The van der Waals surface area contributed by atoms with Gasteiger partial charge in [0.05, 0.1) is 50.2 Å². The summed E-state index contributed by atoms with van der Waals surface area (Å²) in [6.07, 6.45) is 7.76. The first kappa shape index (κ1) is 31.9. The van der Waals surface area contributed by atoms with Gasteiger partial charge < -0.3 is 34.7 Å². The molecule has 9 nitrogen and oxygen atoms in total. The molecule has 2 aliphatic rings. The van der Waals surface area contributed by atoms with Crippen molar-refractivity contribution >= 4 is 93.3 Å². The molecule has 2 aliphatic heterocycles. The molecule has 0 spiro atoms. The molecule has 4 aromatic heterocycles. The van der Waals surface area contributed by atoms with Crippen molar-refractivity contribution in [3.8, 4) is 0 Å². The molecule has 0 radical (unpaired) electrons. The molecule has 0 bridgehead atoms. The summed E-state index contributed by atoms with van der Waals surface area (Å²) in [6.45, 7) is 7.05. The Labute approximate surface area is 284 Å². The Morgan fingerprint density at radius 2 is 1.34 bits per heavy atom. The minimum Gasteiger partial charge on any atom is -0.870 e. The molecule has 2 saturated heterocycles. The van der Waals surface area contributed by atoms with Gasteiger partial charge in [-0.25, -0.2) is 9.97 Å². The Hall–Kier alpha value is 0.686. The van der Waals surface area contributed by atoms with E-state index in [1.807, 2.05) is 30.9 Å². The monoisotopic (exact) mass is 842 g/mol. The van der Waals surface area contributed by atoms with E-state index >= 15 is 0 Å². The Bertz CT molecular complexity index is 1170. The smallest absolute Gasteiger partial charge is 0.870 e. The van der Waals surface area contributed by atoms with Gasteiger partial charge in [-0.2, -0.15) is 0 Å². The fourth-order valence-corrected chi connectivity index (χ4v) is 4.44. The number of halogens is 3. The van der Waals surface area contributed by atoms with Crippen molar-refractivity contribution < 1.29 is 66.3 Å². The molecule has 0 saturated carbocycles. The summed E-state index contributed by atoms with van der Waals surface area (Å²) in [5, 5.41) is 2.36. The molecule has 0 unspecified atom stereocenters. The van der Waals surface area contributed by atoms with Gasteiger partial charge in [0.25, 0.3) is 0 Å². The van der Waals surface area contributed by atoms with E-state index in [-0.39, 0.29) is 56.9 Å². The van der Waals surface area contributed by atoms with Crippen molar-refractivity contribution in [3.05, 3.63) is 46.6 Å². The number of H-pyrrole nitrogens is 2. The number of morpholine rings is 2. The van der Waals surface area contributed by atoms with Crippen LogP contribution in [0.2, 0.25) is 0 Å². The van der Waals surface area contributed by atoms with Gasteiger partial charge in [0.2, 0.25) is 0 Å². The Morgan fingerprint density at radius 3 is 1.94 bits per heavy atom. The van der Waals surface area contributed by atoms with Gasteiger partial charge in [-0.1, -0.05) is 0 Å². The van der Waals surface area contributed by atoms with Crippen molar-refractivity contribution in [2.45, 2.75) is 0 Å². The molecule has 2 fully saturated rings. The van der Waals surface area contributed by atoms with Gasteiger partial charge in [-0.05, 0) is 40.8 Å². The average molecular weight is 842 g/mol. The first-order valence-electron chi connectivity index (χ1n) is 10.6. The van der Waals surface area contributed by atoms with Crippen molar-refractivity contribution in [2.24, 2.45) is 0 Å². The van der Waals surface area contributed by atoms with Gasteiger partial charge >= 0.3 is 51.4 Å². The summed E-state index contributed by atoms with van der Waals surface area (Å²) in [5.41, 5.74) is 4.28. The number of aromatic nitrogens is 4. The maximum absolute atomic E-state index is 5.35. The van der Waals surface area contributed by atoms with Crippen molar-refractivity contribution in [1.29, 1.82) is 0 Å². The molecular formula is C22H26I3KN6O3. The zero-order valence-electron chi connectivity index (χ0n) is 19.4. The van der Waals surface area contributed by atoms with Crippen LogP contribution in [0.4, 0.5) is 11.4 Å². The van der Waals surface area contributed by atoms with Crippen LogP contribution < -0.4 is 61.2 Å². The van der Waals surface area contributed by atoms with Crippen LogP contribution in [0.5, 0.6) is 0 Å². The minimum atomic E-state index is 0. The summed E-state index contributed by atoms with van der Waals surface area (Å²) in [6, 6.07) is 6.42. The maximum atomic E-state index is 5.35. The van der Waals surface area contributed by atoms with Gasteiger partial charge in [-0.15, -0.1) is 0 Å². The number of pyridine rings is 2. The number of aromatic amines is 2. The fourth-order valence-electron chi connectivity index (χ4n) is 3.88. The number of hydrogen-bond donors (Lipinski definition) is 2. The molecule has 35 heavy (non-hydrogen) atoms. The maximum Gasteiger partial charge on any atom is 1.00 e. The third-order valence-corrected chi connectivity index (χ3v) is 6.50. The molecule has 6 heterocycles. The van der Waals surface area contributed by atoms with E-state index < -0.39 is 0 Å². The van der Waals surface area contributed by atoms with Crippen LogP contribution >= 0.6 is 59.8 Å². The number of anilines is 2. The second-order valence-electron chi connectivity index (χ2n) is 7.53. The third kappa shape index (κ3) is 8.59. The topological polar surface area (TPSA) is 112 Å². The first-order chi connectivity index (χ1) is 16.3. The van der Waals surface area contributed by atoms with E-state index in [0.717, 1.165) is 63.9 Å². The molecule has 4 aromatic rings. The number of rotatable bonds is 2. The molecule has 0 amide bonds. The third-order valence-electron chi connectivity index (χ3n) is 5.60. The van der Waals surface area contributed by atoms with Crippen LogP contribution in [0.25, 0.3) is 22.1 Å². The van der Waals surface area contributed by atoms with Crippen molar-refractivity contribution in [1.82, 2.24) is 19.9 Å². The quantitative estimate of drug-likeness (QED) is 0.235. The van der Waals surface area contributed by atoms with E-state index in [1.54, 1.807) is 0 Å². The SMILES string of the molecule is II.Ic1c[nH]c2ncc(N3CCOCC3)cc12.[K+].[OH-].c1cc2cc(N3CCOCC3)cnc2[nH]1. The Balaban J connectivity index is 0.000000219. The van der Waals surface area contributed by atoms with E-state index in [2.05, 4.69) is 102 Å². The summed E-state index contributed by atoms with van der Waals surface area (Å²) in [7, 11) is 0. The van der Waals surface area contributed by atoms with Crippen LogP contribution in [0.1, 0.15) is 0 Å². The zero-order chi connectivity index (χ0) is 23.0. The standard InChI is InChI=1S/C11H12IN3O.C11H13N3O.I2.K.H2O/c12-10-7-14-11-9(10)5-8(6-13-11)15-1-3-16-4-2-15;1-2-12-11-9(1)7-10(8-13-11)14-3-5-15-6-4-14;1-2;;/h5-7H,1-4H2,(H,13,14);1-2,7-8H,3-6H2,(H,12,13);;;1H2/q;;;+1;/p-1. The molecule has 0 aliphatic carbocycles. The van der Waals surface area contributed by atoms with Crippen LogP contribution in [0.3, 0.4) is 0 Å². The number of nitrogens with one attached hydrogen (secondary N) is 2. The second-order valence-corrected chi connectivity index (χ2v) is 8.70. The van der Waals surface area contributed by atoms with E-state index in [9.17, 15) is 0 Å². The minimum absolute atomic E-state index is 0. The first-order valence-corrected chi connectivity index (χ1v) is 18.0. The summed E-state index contributed by atoms with van der Waals surface area (Å²) < 4.78 is 11.9. The van der Waals surface area contributed by atoms with Gasteiger partial charge in [0.15, 0.2) is 0 Å². The summed E-state index contributed by atoms with van der Waals surface area (Å²) >= 11 is 6.57. The molecule has 184 valence electrons. The fraction of sp³-hybridized carbons (Fsp3) is 0.364. The van der Waals surface area contributed by atoms with Crippen molar-refractivity contribution in [2.75, 3.05) is 62.4 Å². The van der Waals surface area contributed by atoms with E-state index in [1.165, 1.54) is 25.7 Å². The number of fused-ring (bicyclic) bond motifs is 2. The normalized spacial score (nSPS) is 15.3. The molecule has 0 atom stereocenters. The predicted octanol–water partition coefficient (Wildman–Crippen LogP) is 2.00. The van der Waals surface area contributed by atoms with Crippen LogP contribution in [-0.2, 0) is 9.47 Å². The van der Waals surface area contributed by atoms with E-state index in [0.29, 0.717) is 0 Å². The largest absolute Gasteiger partial charge is 1.00 e. The molecule has 13 heteroatoms. The average Bonchev–Trinajstić information content (AvgIpc) is 3.52. The Morgan fingerprint density at radius 1 is 0.800 bits per heavy atom. The van der Waals surface area contributed by atoms with Crippen LogP contribution in [0, 0.1) is 3.57 Å². The summed E-state index contributed by atoms with van der Waals surface area (Å²) in [4.78, 5) is 19.7. The van der Waals surface area contributed by atoms with Crippen molar-refractivity contribution in [3.63, 3.8) is 0 Å². The summed E-state index contributed by atoms with van der Waals surface area (Å²) in [5.74, 6) is 0. The zero-order valence-corrected chi connectivity index (χ0v) is 29.0. The second kappa shape index (κ2) is 16.6. The number of hydrogen-bond acceptors (Lipinski definition) is 7. The Kier molecular flexibility index (Phi) is 15.1. The van der Waals surface area contributed by atoms with Crippen LogP contribution in [-0.4, -0.2) is 78.0 Å². The molecular weight excluding hydrogens is 816 g/mol. The number of ether oxygens (including phenoxy) is 2. The van der Waals surface area contributed by atoms with Gasteiger partial charge in [0, 0.05) is 90.1 Å². The van der Waals surface area contributed by atoms with Gasteiger partial charge in [0.1, 0.15) is 11.3 Å². The predicted molar refractivity (Wildman–Crippen MR) is 161 cm³/mol. The van der Waals surface area contributed by atoms with E-state index in [4.69, 9.17) is 9.47 Å².